The second-order valence-corrected chi connectivity index (χ2v) is 5.49. The molecule has 0 spiro atoms. The quantitative estimate of drug-likeness (QED) is 0.670. The van der Waals surface area contributed by atoms with Gasteiger partial charge in [-0.2, -0.15) is 0 Å². The molecule has 0 aromatic heterocycles. The molecule has 0 amide bonds. The van der Waals surface area contributed by atoms with Gasteiger partial charge in [0.25, 0.3) is 0 Å². The van der Waals surface area contributed by atoms with Crippen LogP contribution in [0.5, 0.6) is 0 Å². The maximum Gasteiger partial charge on any atom is 0.0375 e. The lowest BCUT2D eigenvalue weighted by atomic mass is 9.90. The number of hydrogen-bond acceptors (Lipinski definition) is 1. The van der Waals surface area contributed by atoms with Gasteiger partial charge in [-0.25, -0.2) is 0 Å². The van der Waals surface area contributed by atoms with Crippen LogP contribution in [0.4, 0.5) is 5.69 Å². The molecule has 2 rings (SSSR count). The number of nitrogens with one attached hydrogen (secondary N) is 1. The maximum atomic E-state index is 3.65. The molecule has 0 aliphatic heterocycles. The van der Waals surface area contributed by atoms with Gasteiger partial charge in [0.1, 0.15) is 0 Å². The van der Waals surface area contributed by atoms with Crippen molar-refractivity contribution in [2.45, 2.75) is 64.7 Å². The molecular weight excluding hydrogens is 218 g/mol. The van der Waals surface area contributed by atoms with Crippen LogP contribution in [-0.4, -0.2) is 6.54 Å². The molecule has 1 heteroatoms. The number of aryl methyl sites for hydroxylation is 1. The van der Waals surface area contributed by atoms with Crippen LogP contribution < -0.4 is 5.32 Å². The lowest BCUT2D eigenvalue weighted by Crippen LogP contribution is -2.09. The predicted molar refractivity (Wildman–Crippen MR) is 80.3 cm³/mol. The summed E-state index contributed by atoms with van der Waals surface area (Å²) in [7, 11) is 0. The van der Waals surface area contributed by atoms with Crippen LogP contribution in [0.1, 0.15) is 63.0 Å². The number of benzene rings is 1. The summed E-state index contributed by atoms with van der Waals surface area (Å²) < 4.78 is 0. The molecule has 18 heavy (non-hydrogen) atoms. The van der Waals surface area contributed by atoms with Crippen molar-refractivity contribution in [1.29, 1.82) is 0 Å². The average molecular weight is 245 g/mol. The van der Waals surface area contributed by atoms with Gasteiger partial charge in [-0.05, 0) is 49.3 Å². The third-order valence-electron chi connectivity index (χ3n) is 3.99. The van der Waals surface area contributed by atoms with E-state index in [9.17, 15) is 0 Å². The number of anilines is 1. The van der Waals surface area contributed by atoms with Gasteiger partial charge in [0.2, 0.25) is 0 Å². The van der Waals surface area contributed by atoms with Crippen LogP contribution in [0.15, 0.2) is 18.2 Å². The van der Waals surface area contributed by atoms with Crippen molar-refractivity contribution in [2.75, 3.05) is 11.9 Å². The SMILES string of the molecule is CCCCCCCNc1cccc2c1CCCC2. The standard InChI is InChI=1S/C17H27N/c1-2-3-4-5-8-14-18-17-13-9-11-15-10-6-7-12-16(15)17/h9,11,13,18H,2-8,10,12,14H2,1H3. The highest BCUT2D eigenvalue weighted by Crippen LogP contribution is 2.27. The monoisotopic (exact) mass is 245 g/mol. The molecule has 1 aliphatic carbocycles. The first kappa shape index (κ1) is 13.5. The Hall–Kier alpha value is -0.980. The smallest absolute Gasteiger partial charge is 0.0375 e. The van der Waals surface area contributed by atoms with E-state index in [1.54, 1.807) is 11.1 Å². The Morgan fingerprint density at radius 1 is 1.00 bits per heavy atom. The van der Waals surface area contributed by atoms with E-state index >= 15 is 0 Å². The van der Waals surface area contributed by atoms with E-state index in [2.05, 4.69) is 30.4 Å². The normalized spacial score (nSPS) is 14.3. The number of unbranched alkanes of at least 4 members (excludes halogenated alkanes) is 4. The van der Waals surface area contributed by atoms with Crippen molar-refractivity contribution < 1.29 is 0 Å². The number of fused-ring (bicyclic) bond motifs is 1. The van der Waals surface area contributed by atoms with Gasteiger partial charge in [0, 0.05) is 12.2 Å². The molecule has 0 saturated carbocycles. The summed E-state index contributed by atoms with van der Waals surface area (Å²) in [5, 5.41) is 3.65. The highest BCUT2D eigenvalue weighted by molar-refractivity contribution is 5.55. The van der Waals surface area contributed by atoms with Crippen LogP contribution in [0.3, 0.4) is 0 Å². The molecule has 0 bridgehead atoms. The van der Waals surface area contributed by atoms with Crippen LogP contribution >= 0.6 is 0 Å². The summed E-state index contributed by atoms with van der Waals surface area (Å²) in [6.07, 6.45) is 12.1. The van der Waals surface area contributed by atoms with E-state index < -0.39 is 0 Å². The third-order valence-corrected chi connectivity index (χ3v) is 3.99. The van der Waals surface area contributed by atoms with E-state index in [-0.39, 0.29) is 0 Å². The summed E-state index contributed by atoms with van der Waals surface area (Å²) in [5.41, 5.74) is 4.58. The molecule has 0 radical (unpaired) electrons. The summed E-state index contributed by atoms with van der Waals surface area (Å²) in [6.45, 7) is 3.41. The molecule has 1 nitrogen and oxygen atoms in total. The highest BCUT2D eigenvalue weighted by atomic mass is 14.9. The Bertz CT molecular complexity index is 357. The second kappa shape index (κ2) is 7.45. The van der Waals surface area contributed by atoms with Crippen LogP contribution in [0.25, 0.3) is 0 Å². The van der Waals surface area contributed by atoms with E-state index in [0.717, 1.165) is 6.54 Å². The molecule has 1 aromatic rings. The fourth-order valence-corrected chi connectivity index (χ4v) is 2.90. The first-order chi connectivity index (χ1) is 8.92. The summed E-state index contributed by atoms with van der Waals surface area (Å²) in [5.74, 6) is 0. The van der Waals surface area contributed by atoms with Crippen molar-refractivity contribution in [3.05, 3.63) is 29.3 Å². The first-order valence-corrected chi connectivity index (χ1v) is 7.76. The lowest BCUT2D eigenvalue weighted by molar-refractivity contribution is 0.644. The van der Waals surface area contributed by atoms with Crippen molar-refractivity contribution in [1.82, 2.24) is 0 Å². The molecule has 0 saturated heterocycles. The molecule has 1 N–H and O–H groups in total. The van der Waals surface area contributed by atoms with Gasteiger partial charge in [-0.1, -0.05) is 44.7 Å². The Labute approximate surface area is 112 Å². The Kier molecular flexibility index (Phi) is 5.57. The van der Waals surface area contributed by atoms with Gasteiger partial charge >= 0.3 is 0 Å². The fraction of sp³-hybridized carbons (Fsp3) is 0.647. The molecule has 1 aliphatic rings. The van der Waals surface area contributed by atoms with Gasteiger partial charge < -0.3 is 5.32 Å². The topological polar surface area (TPSA) is 12.0 Å². The van der Waals surface area contributed by atoms with Crippen molar-refractivity contribution in [3.63, 3.8) is 0 Å². The van der Waals surface area contributed by atoms with Crippen molar-refractivity contribution in [2.24, 2.45) is 0 Å². The molecular formula is C17H27N. The predicted octanol–water partition coefficient (Wildman–Crippen LogP) is 4.95. The molecule has 1 aromatic carbocycles. The summed E-state index contributed by atoms with van der Waals surface area (Å²) >= 11 is 0. The summed E-state index contributed by atoms with van der Waals surface area (Å²) in [6, 6.07) is 6.78. The molecule has 0 heterocycles. The minimum atomic E-state index is 1.14. The van der Waals surface area contributed by atoms with E-state index in [1.165, 1.54) is 63.5 Å². The second-order valence-electron chi connectivity index (χ2n) is 5.49. The minimum Gasteiger partial charge on any atom is -0.385 e. The van der Waals surface area contributed by atoms with Gasteiger partial charge in [0.05, 0.1) is 0 Å². The Morgan fingerprint density at radius 3 is 2.72 bits per heavy atom. The van der Waals surface area contributed by atoms with Crippen LogP contribution in [0, 0.1) is 0 Å². The fourth-order valence-electron chi connectivity index (χ4n) is 2.90. The largest absolute Gasteiger partial charge is 0.385 e. The zero-order valence-corrected chi connectivity index (χ0v) is 11.8. The van der Waals surface area contributed by atoms with Gasteiger partial charge in [-0.3, -0.25) is 0 Å². The Morgan fingerprint density at radius 2 is 1.83 bits per heavy atom. The van der Waals surface area contributed by atoms with Crippen LogP contribution in [0.2, 0.25) is 0 Å². The van der Waals surface area contributed by atoms with Crippen molar-refractivity contribution in [3.8, 4) is 0 Å². The third kappa shape index (κ3) is 3.76. The average Bonchev–Trinajstić information content (AvgIpc) is 2.43. The number of hydrogen-bond donors (Lipinski definition) is 1. The Balaban J connectivity index is 1.79. The molecule has 0 fully saturated rings. The molecule has 0 atom stereocenters. The van der Waals surface area contributed by atoms with Gasteiger partial charge in [-0.15, -0.1) is 0 Å². The van der Waals surface area contributed by atoms with Gasteiger partial charge in [0.15, 0.2) is 0 Å². The van der Waals surface area contributed by atoms with E-state index in [1.807, 2.05) is 0 Å². The minimum absolute atomic E-state index is 1.14. The zero-order chi connectivity index (χ0) is 12.6. The summed E-state index contributed by atoms with van der Waals surface area (Å²) in [4.78, 5) is 0. The number of rotatable bonds is 7. The van der Waals surface area contributed by atoms with Crippen molar-refractivity contribution >= 4 is 5.69 Å². The lowest BCUT2D eigenvalue weighted by Gasteiger charge is -2.20. The van der Waals surface area contributed by atoms with E-state index in [4.69, 9.17) is 0 Å². The van der Waals surface area contributed by atoms with Crippen LogP contribution in [-0.2, 0) is 12.8 Å². The zero-order valence-electron chi connectivity index (χ0n) is 11.8. The maximum absolute atomic E-state index is 3.65. The van der Waals surface area contributed by atoms with E-state index in [0.29, 0.717) is 0 Å². The first-order valence-electron chi connectivity index (χ1n) is 7.76. The molecule has 0 unspecified atom stereocenters. The molecule has 100 valence electrons. The highest BCUT2D eigenvalue weighted by Gasteiger charge is 2.11.